The van der Waals surface area contributed by atoms with Crippen LogP contribution in [0.25, 0.3) is 5.76 Å². The summed E-state index contributed by atoms with van der Waals surface area (Å²) in [6, 6.07) is 13.1. The zero-order valence-electron chi connectivity index (χ0n) is 12.7. The lowest BCUT2D eigenvalue weighted by Crippen LogP contribution is -2.21. The van der Waals surface area contributed by atoms with E-state index in [-0.39, 0.29) is 11.3 Å². The highest BCUT2D eigenvalue weighted by atomic mass is 79.9. The van der Waals surface area contributed by atoms with Crippen molar-refractivity contribution in [3.05, 3.63) is 69.7 Å². The van der Waals surface area contributed by atoms with Crippen LogP contribution in [-0.4, -0.2) is 23.9 Å². The van der Waals surface area contributed by atoms with E-state index in [1.807, 2.05) is 0 Å². The zero-order chi connectivity index (χ0) is 17.3. The minimum Gasteiger partial charge on any atom is -0.507 e. The number of rotatable bonds is 3. The fraction of sp³-hybridized carbons (Fsp3) is 0.111. The predicted octanol–water partition coefficient (Wildman–Crippen LogP) is 3.17. The van der Waals surface area contributed by atoms with Gasteiger partial charge < -0.3 is 15.2 Å². The van der Waals surface area contributed by atoms with Crippen molar-refractivity contribution in [2.75, 3.05) is 7.11 Å². The van der Waals surface area contributed by atoms with Crippen molar-refractivity contribution >= 4 is 33.4 Å². The molecular formula is C18H14BrNO4. The molecule has 0 radical (unpaired) electrons. The number of nitrogens with one attached hydrogen (secondary N) is 1. The predicted molar refractivity (Wildman–Crippen MR) is 92.6 cm³/mol. The van der Waals surface area contributed by atoms with Gasteiger partial charge in [-0.05, 0) is 29.8 Å². The molecule has 6 heteroatoms. The number of amides is 1. The molecule has 0 bridgehead atoms. The van der Waals surface area contributed by atoms with Crippen molar-refractivity contribution in [2.24, 2.45) is 0 Å². The average molecular weight is 388 g/mol. The number of carbonyl (C=O) groups is 2. The SMILES string of the molecule is COc1cccc([C@H]2NC(=O)C(=O)C2=C(O)c2ccc(Br)cc2)c1. The first-order valence-electron chi connectivity index (χ1n) is 7.19. The maximum absolute atomic E-state index is 12.3. The third kappa shape index (κ3) is 2.92. The Kier molecular flexibility index (Phi) is 4.40. The van der Waals surface area contributed by atoms with Gasteiger partial charge in [-0.15, -0.1) is 0 Å². The molecule has 0 saturated carbocycles. The molecule has 0 aliphatic carbocycles. The van der Waals surface area contributed by atoms with Crippen LogP contribution in [-0.2, 0) is 9.59 Å². The van der Waals surface area contributed by atoms with Crippen molar-refractivity contribution in [1.29, 1.82) is 0 Å². The van der Waals surface area contributed by atoms with Crippen LogP contribution in [0.3, 0.4) is 0 Å². The van der Waals surface area contributed by atoms with Crippen LogP contribution in [0.4, 0.5) is 0 Å². The molecule has 1 fully saturated rings. The Bertz CT molecular complexity index is 842. The summed E-state index contributed by atoms with van der Waals surface area (Å²) in [5, 5.41) is 13.2. The van der Waals surface area contributed by atoms with Gasteiger partial charge >= 0.3 is 0 Å². The third-order valence-corrected chi connectivity index (χ3v) is 4.34. The molecule has 1 aliphatic rings. The molecule has 122 valence electrons. The van der Waals surface area contributed by atoms with E-state index in [9.17, 15) is 14.7 Å². The molecule has 2 N–H and O–H groups in total. The Labute approximate surface area is 147 Å². The Morgan fingerprint density at radius 2 is 1.88 bits per heavy atom. The molecule has 0 unspecified atom stereocenters. The van der Waals surface area contributed by atoms with E-state index in [1.54, 1.807) is 48.5 Å². The van der Waals surface area contributed by atoms with E-state index in [2.05, 4.69) is 21.2 Å². The molecule has 5 nitrogen and oxygen atoms in total. The lowest BCUT2D eigenvalue weighted by Gasteiger charge is -2.14. The molecule has 2 aromatic carbocycles. The first-order chi connectivity index (χ1) is 11.5. The summed E-state index contributed by atoms with van der Waals surface area (Å²) >= 11 is 3.32. The van der Waals surface area contributed by atoms with Gasteiger partial charge in [-0.2, -0.15) is 0 Å². The number of benzene rings is 2. The van der Waals surface area contributed by atoms with E-state index in [0.29, 0.717) is 16.9 Å². The lowest BCUT2D eigenvalue weighted by molar-refractivity contribution is -0.133. The van der Waals surface area contributed by atoms with Crippen molar-refractivity contribution in [1.82, 2.24) is 5.32 Å². The fourth-order valence-corrected chi connectivity index (χ4v) is 2.87. The molecule has 1 amide bonds. The molecule has 1 saturated heterocycles. The van der Waals surface area contributed by atoms with Gasteiger partial charge in [0.1, 0.15) is 11.5 Å². The van der Waals surface area contributed by atoms with Crippen LogP contribution in [0.15, 0.2) is 58.6 Å². The van der Waals surface area contributed by atoms with Gasteiger partial charge in [-0.1, -0.05) is 40.2 Å². The van der Waals surface area contributed by atoms with Crippen LogP contribution in [0.1, 0.15) is 17.2 Å². The number of aliphatic hydroxyl groups is 1. The monoisotopic (exact) mass is 387 g/mol. The van der Waals surface area contributed by atoms with Gasteiger partial charge in [0, 0.05) is 10.0 Å². The minimum atomic E-state index is -0.735. The molecule has 1 aliphatic heterocycles. The number of carbonyl (C=O) groups excluding carboxylic acids is 2. The summed E-state index contributed by atoms with van der Waals surface area (Å²) in [5.41, 5.74) is 1.16. The standard InChI is InChI=1S/C18H14BrNO4/c1-24-13-4-2-3-11(9-13)15-14(17(22)18(23)20-15)16(21)10-5-7-12(19)8-6-10/h2-9,15,21H,1H3,(H,20,23)/t15-/m1/s1. The second-order valence-corrected chi connectivity index (χ2v) is 6.20. The van der Waals surface area contributed by atoms with Crippen LogP contribution in [0.2, 0.25) is 0 Å². The average Bonchev–Trinajstić information content (AvgIpc) is 2.90. The number of methoxy groups -OCH3 is 1. The van der Waals surface area contributed by atoms with E-state index in [1.165, 1.54) is 7.11 Å². The van der Waals surface area contributed by atoms with E-state index < -0.39 is 17.7 Å². The maximum atomic E-state index is 12.3. The maximum Gasteiger partial charge on any atom is 0.293 e. The van der Waals surface area contributed by atoms with Gasteiger partial charge in [-0.25, -0.2) is 0 Å². The quantitative estimate of drug-likeness (QED) is 0.481. The molecule has 24 heavy (non-hydrogen) atoms. The van der Waals surface area contributed by atoms with Gasteiger partial charge in [0.15, 0.2) is 0 Å². The second kappa shape index (κ2) is 6.49. The van der Waals surface area contributed by atoms with Crippen molar-refractivity contribution in [2.45, 2.75) is 6.04 Å². The summed E-state index contributed by atoms with van der Waals surface area (Å²) in [5.74, 6) is -1.08. The van der Waals surface area contributed by atoms with Crippen molar-refractivity contribution in [3.8, 4) is 5.75 Å². The van der Waals surface area contributed by atoms with E-state index in [4.69, 9.17) is 4.74 Å². The van der Waals surface area contributed by atoms with Crippen LogP contribution < -0.4 is 10.1 Å². The summed E-state index contributed by atoms with van der Waals surface area (Å²) in [7, 11) is 1.54. The van der Waals surface area contributed by atoms with Gasteiger partial charge in [0.25, 0.3) is 11.7 Å². The van der Waals surface area contributed by atoms with Crippen LogP contribution >= 0.6 is 15.9 Å². The minimum absolute atomic E-state index is 0.0376. The first kappa shape index (κ1) is 16.3. The Balaban J connectivity index is 2.11. The van der Waals surface area contributed by atoms with E-state index >= 15 is 0 Å². The highest BCUT2D eigenvalue weighted by Gasteiger charge is 2.39. The van der Waals surface area contributed by atoms with Gasteiger partial charge in [-0.3, -0.25) is 9.59 Å². The normalized spacial score (nSPS) is 19.2. The number of halogens is 1. The molecule has 0 aromatic heterocycles. The Morgan fingerprint density at radius 3 is 2.54 bits per heavy atom. The zero-order valence-corrected chi connectivity index (χ0v) is 14.3. The number of Topliss-reactive ketones (excluding diaryl/α,β-unsaturated/α-hetero) is 1. The Hall–Kier alpha value is -2.60. The molecule has 1 heterocycles. The van der Waals surface area contributed by atoms with E-state index in [0.717, 1.165) is 4.47 Å². The van der Waals surface area contributed by atoms with Crippen LogP contribution in [0, 0.1) is 0 Å². The summed E-state index contributed by atoms with van der Waals surface area (Å²) in [6.45, 7) is 0. The largest absolute Gasteiger partial charge is 0.507 e. The highest BCUT2D eigenvalue weighted by Crippen LogP contribution is 2.34. The third-order valence-electron chi connectivity index (χ3n) is 3.81. The number of ketones is 1. The fourth-order valence-electron chi connectivity index (χ4n) is 2.60. The highest BCUT2D eigenvalue weighted by molar-refractivity contribution is 9.10. The lowest BCUT2D eigenvalue weighted by atomic mass is 9.96. The summed E-state index contributed by atoms with van der Waals surface area (Å²) in [4.78, 5) is 24.1. The number of hydrogen-bond acceptors (Lipinski definition) is 4. The smallest absolute Gasteiger partial charge is 0.293 e. The van der Waals surface area contributed by atoms with Crippen molar-refractivity contribution < 1.29 is 19.4 Å². The van der Waals surface area contributed by atoms with Crippen molar-refractivity contribution in [3.63, 3.8) is 0 Å². The topological polar surface area (TPSA) is 75.6 Å². The molecule has 1 atom stereocenters. The molecule has 2 aromatic rings. The number of aliphatic hydroxyl groups excluding tert-OH is 1. The number of ether oxygens (including phenoxy) is 1. The second-order valence-electron chi connectivity index (χ2n) is 5.28. The number of hydrogen-bond donors (Lipinski definition) is 2. The molecule has 3 rings (SSSR count). The van der Waals surface area contributed by atoms with Gasteiger partial charge in [0.2, 0.25) is 0 Å². The summed E-state index contributed by atoms with van der Waals surface area (Å²) < 4.78 is 6.03. The van der Waals surface area contributed by atoms with Gasteiger partial charge in [0.05, 0.1) is 18.7 Å². The molecular weight excluding hydrogens is 374 g/mol. The first-order valence-corrected chi connectivity index (χ1v) is 7.98. The summed E-state index contributed by atoms with van der Waals surface area (Å²) in [6.07, 6.45) is 0. The van der Waals surface area contributed by atoms with Crippen LogP contribution in [0.5, 0.6) is 5.75 Å². The Morgan fingerprint density at radius 1 is 1.17 bits per heavy atom. The molecule has 0 spiro atoms.